The van der Waals surface area contributed by atoms with Gasteiger partial charge >= 0.3 is 0 Å². The minimum absolute atomic E-state index is 0.0223. The maximum absolute atomic E-state index is 12.0. The van der Waals surface area contributed by atoms with E-state index in [9.17, 15) is 4.79 Å². The number of aromatic nitrogens is 1. The zero-order valence-electron chi connectivity index (χ0n) is 18.9. The zero-order valence-corrected chi connectivity index (χ0v) is 18.9. The summed E-state index contributed by atoms with van der Waals surface area (Å²) in [5.74, 6) is 2.58. The first-order chi connectivity index (χ1) is 14.5. The molecule has 2 heterocycles. The first-order valence-electron chi connectivity index (χ1n) is 11.4. The van der Waals surface area contributed by atoms with Gasteiger partial charge in [0, 0.05) is 45.5 Å². The Balaban J connectivity index is 1.54. The van der Waals surface area contributed by atoms with Crippen molar-refractivity contribution >= 4 is 17.7 Å². The standard InChI is InChI=1S/C23H38N6O/c1-18-8-7-11-21(26-18)29-14-12-20(13-15-29)27-23(25-17-22(30)28(2)3)24-16-19-9-5-4-6-10-19/h7-8,11,19-20H,4-6,9-10,12-17H2,1-3H3,(H2,24,25,27). The van der Waals surface area contributed by atoms with Gasteiger partial charge in [-0.25, -0.2) is 9.98 Å². The second kappa shape index (κ2) is 11.2. The van der Waals surface area contributed by atoms with Crippen LogP contribution in [0.4, 0.5) is 5.82 Å². The molecule has 3 rings (SSSR count). The number of nitrogens with zero attached hydrogens (tertiary/aromatic N) is 4. The van der Waals surface area contributed by atoms with Crippen molar-refractivity contribution in [1.82, 2.24) is 20.5 Å². The Morgan fingerprint density at radius 3 is 2.57 bits per heavy atom. The van der Waals surface area contributed by atoms with Crippen molar-refractivity contribution in [3.05, 3.63) is 23.9 Å². The third-order valence-corrected chi connectivity index (χ3v) is 6.19. The zero-order chi connectivity index (χ0) is 21.3. The summed E-state index contributed by atoms with van der Waals surface area (Å²) in [7, 11) is 3.55. The Bertz CT molecular complexity index is 705. The van der Waals surface area contributed by atoms with Crippen molar-refractivity contribution in [2.24, 2.45) is 10.9 Å². The molecule has 30 heavy (non-hydrogen) atoms. The van der Waals surface area contributed by atoms with Crippen LogP contribution in [0.15, 0.2) is 23.2 Å². The average molecular weight is 415 g/mol. The van der Waals surface area contributed by atoms with Crippen LogP contribution in [0, 0.1) is 12.8 Å². The lowest BCUT2D eigenvalue weighted by Crippen LogP contribution is -2.50. The summed E-state index contributed by atoms with van der Waals surface area (Å²) in [6, 6.07) is 6.56. The number of piperidine rings is 1. The fourth-order valence-electron chi connectivity index (χ4n) is 4.22. The van der Waals surface area contributed by atoms with Gasteiger partial charge < -0.3 is 20.4 Å². The van der Waals surface area contributed by atoms with Gasteiger partial charge in [0.2, 0.25) is 5.91 Å². The Morgan fingerprint density at radius 1 is 1.17 bits per heavy atom. The van der Waals surface area contributed by atoms with Gasteiger partial charge in [-0.05, 0) is 50.7 Å². The highest BCUT2D eigenvalue weighted by atomic mass is 16.2. The van der Waals surface area contributed by atoms with E-state index in [2.05, 4.69) is 37.6 Å². The number of aryl methyl sites for hydroxylation is 1. The molecule has 2 aliphatic rings. The fourth-order valence-corrected chi connectivity index (χ4v) is 4.22. The molecule has 2 fully saturated rings. The van der Waals surface area contributed by atoms with Crippen LogP contribution in [0.1, 0.15) is 50.6 Å². The van der Waals surface area contributed by atoms with Gasteiger partial charge in [-0.1, -0.05) is 25.3 Å². The molecule has 1 aliphatic carbocycles. The summed E-state index contributed by atoms with van der Waals surface area (Å²) in [5, 5.41) is 7.12. The van der Waals surface area contributed by atoms with Gasteiger partial charge in [-0.3, -0.25) is 4.79 Å². The Labute approximate surface area is 181 Å². The smallest absolute Gasteiger partial charge is 0.243 e. The molecule has 1 amide bonds. The van der Waals surface area contributed by atoms with Crippen LogP contribution < -0.4 is 15.5 Å². The lowest BCUT2D eigenvalue weighted by atomic mass is 9.89. The van der Waals surface area contributed by atoms with Crippen molar-refractivity contribution in [3.63, 3.8) is 0 Å². The van der Waals surface area contributed by atoms with E-state index < -0.39 is 0 Å². The van der Waals surface area contributed by atoms with E-state index in [4.69, 9.17) is 0 Å². The normalized spacial score (nSPS) is 18.9. The second-order valence-electron chi connectivity index (χ2n) is 8.88. The summed E-state index contributed by atoms with van der Waals surface area (Å²) >= 11 is 0. The van der Waals surface area contributed by atoms with Crippen molar-refractivity contribution in [2.75, 3.05) is 45.2 Å². The number of guanidine groups is 1. The number of likely N-dealkylation sites (N-methyl/N-ethyl adjacent to an activating group) is 1. The molecule has 7 nitrogen and oxygen atoms in total. The molecule has 2 N–H and O–H groups in total. The molecular weight excluding hydrogens is 376 g/mol. The van der Waals surface area contributed by atoms with E-state index in [0.29, 0.717) is 12.0 Å². The van der Waals surface area contributed by atoms with Crippen LogP contribution in [0.2, 0.25) is 0 Å². The van der Waals surface area contributed by atoms with Crippen LogP contribution in [0.5, 0.6) is 0 Å². The summed E-state index contributed by atoms with van der Waals surface area (Å²) in [6.45, 7) is 5.10. The quantitative estimate of drug-likeness (QED) is 0.553. The topological polar surface area (TPSA) is 72.9 Å². The molecule has 0 atom stereocenters. The van der Waals surface area contributed by atoms with Crippen LogP contribution >= 0.6 is 0 Å². The number of pyridine rings is 1. The molecule has 0 radical (unpaired) electrons. The van der Waals surface area contributed by atoms with Crippen molar-refractivity contribution < 1.29 is 4.79 Å². The highest BCUT2D eigenvalue weighted by Gasteiger charge is 2.22. The maximum Gasteiger partial charge on any atom is 0.243 e. The molecule has 0 spiro atoms. The molecular formula is C23H38N6O. The summed E-state index contributed by atoms with van der Waals surface area (Å²) < 4.78 is 0. The van der Waals surface area contributed by atoms with Crippen molar-refractivity contribution in [1.29, 1.82) is 0 Å². The van der Waals surface area contributed by atoms with Gasteiger partial charge in [-0.2, -0.15) is 0 Å². The fraction of sp³-hybridized carbons (Fsp3) is 0.696. The van der Waals surface area contributed by atoms with E-state index >= 15 is 0 Å². The SMILES string of the molecule is Cc1cccc(N2CCC(NC(=NCC(=O)N(C)C)NCC3CCCCC3)CC2)n1. The lowest BCUT2D eigenvalue weighted by molar-refractivity contribution is -0.127. The highest BCUT2D eigenvalue weighted by molar-refractivity contribution is 5.85. The summed E-state index contributed by atoms with van der Waals surface area (Å²) in [6.07, 6.45) is 8.66. The van der Waals surface area contributed by atoms with Crippen molar-refractivity contribution in [2.45, 2.75) is 57.9 Å². The van der Waals surface area contributed by atoms with Gasteiger partial charge in [-0.15, -0.1) is 0 Å². The molecule has 0 unspecified atom stereocenters. The van der Waals surface area contributed by atoms with Gasteiger partial charge in [0.05, 0.1) is 0 Å². The third kappa shape index (κ3) is 6.89. The van der Waals surface area contributed by atoms with Crippen LogP contribution in [-0.4, -0.2) is 68.1 Å². The number of anilines is 1. The minimum Gasteiger partial charge on any atom is -0.356 e. The van der Waals surface area contributed by atoms with Crippen LogP contribution in [0.3, 0.4) is 0 Å². The largest absolute Gasteiger partial charge is 0.356 e. The minimum atomic E-state index is 0.0223. The molecule has 1 aliphatic heterocycles. The van der Waals surface area contributed by atoms with Crippen LogP contribution in [0.25, 0.3) is 0 Å². The number of amides is 1. The van der Waals surface area contributed by atoms with E-state index in [1.807, 2.05) is 13.0 Å². The predicted octanol–water partition coefficient (Wildman–Crippen LogP) is 2.56. The maximum atomic E-state index is 12.0. The first kappa shape index (κ1) is 22.4. The van der Waals surface area contributed by atoms with Crippen molar-refractivity contribution in [3.8, 4) is 0 Å². The molecule has 166 valence electrons. The number of hydrogen-bond donors (Lipinski definition) is 2. The summed E-state index contributed by atoms with van der Waals surface area (Å²) in [4.78, 5) is 25.2. The number of aliphatic imine (C=N–C) groups is 1. The second-order valence-corrected chi connectivity index (χ2v) is 8.88. The van der Waals surface area contributed by atoms with E-state index in [1.54, 1.807) is 19.0 Å². The highest BCUT2D eigenvalue weighted by Crippen LogP contribution is 2.23. The van der Waals surface area contributed by atoms with E-state index in [-0.39, 0.29) is 12.5 Å². The van der Waals surface area contributed by atoms with Gasteiger partial charge in [0.25, 0.3) is 0 Å². The Morgan fingerprint density at radius 2 is 1.90 bits per heavy atom. The first-order valence-corrected chi connectivity index (χ1v) is 11.4. The number of carbonyl (C=O) groups is 1. The van der Waals surface area contributed by atoms with Gasteiger partial charge in [0.15, 0.2) is 5.96 Å². The molecule has 1 aromatic heterocycles. The Kier molecular flexibility index (Phi) is 8.34. The summed E-state index contributed by atoms with van der Waals surface area (Å²) in [5.41, 5.74) is 1.06. The van der Waals surface area contributed by atoms with E-state index in [1.165, 1.54) is 32.1 Å². The van der Waals surface area contributed by atoms with E-state index in [0.717, 1.165) is 49.9 Å². The lowest BCUT2D eigenvalue weighted by Gasteiger charge is -2.34. The number of nitrogens with one attached hydrogen (secondary N) is 2. The molecule has 0 aromatic carbocycles. The predicted molar refractivity (Wildman–Crippen MR) is 123 cm³/mol. The monoisotopic (exact) mass is 414 g/mol. The Hall–Kier alpha value is -2.31. The average Bonchev–Trinajstić information content (AvgIpc) is 2.76. The molecule has 1 saturated carbocycles. The molecule has 7 heteroatoms. The third-order valence-electron chi connectivity index (χ3n) is 6.19. The number of carbonyl (C=O) groups excluding carboxylic acids is 1. The molecule has 1 aromatic rings. The van der Waals surface area contributed by atoms with Crippen LogP contribution in [-0.2, 0) is 4.79 Å². The van der Waals surface area contributed by atoms with Gasteiger partial charge in [0.1, 0.15) is 12.4 Å². The molecule has 0 bridgehead atoms. The molecule has 1 saturated heterocycles. The number of hydrogen-bond acceptors (Lipinski definition) is 4. The number of rotatable bonds is 6.